The number of anilines is 1. The molecule has 2 aromatic rings. The molecule has 5 nitrogen and oxygen atoms in total. The standard InChI is InChI=1S/C22H20ClNO4/c1-4-11-28-22(27)15-7-9-17(10-8-15)24-20(25)18(19(23)21(24)26)16-6-5-13(2)14(3)12-16/h5-10,12H,4,11H2,1-3H3. The van der Waals surface area contributed by atoms with Crippen molar-refractivity contribution in [2.45, 2.75) is 27.2 Å². The minimum absolute atomic E-state index is 0.111. The molecule has 3 rings (SSSR count). The molecule has 0 fully saturated rings. The summed E-state index contributed by atoms with van der Waals surface area (Å²) in [5.74, 6) is -1.51. The molecule has 0 saturated heterocycles. The molecule has 0 radical (unpaired) electrons. The third-order valence-corrected chi connectivity index (χ3v) is 4.97. The molecular formula is C22H20ClNO4. The van der Waals surface area contributed by atoms with Crippen LogP contribution in [0.5, 0.6) is 0 Å². The highest BCUT2D eigenvalue weighted by Gasteiger charge is 2.39. The lowest BCUT2D eigenvalue weighted by atomic mass is 10.0. The number of aryl methyl sites for hydroxylation is 2. The topological polar surface area (TPSA) is 63.7 Å². The predicted molar refractivity (Wildman–Crippen MR) is 108 cm³/mol. The van der Waals surface area contributed by atoms with Crippen LogP contribution in [0.15, 0.2) is 47.5 Å². The highest BCUT2D eigenvalue weighted by atomic mass is 35.5. The maximum atomic E-state index is 13.0. The van der Waals surface area contributed by atoms with E-state index in [4.69, 9.17) is 16.3 Å². The Morgan fingerprint density at radius 2 is 1.68 bits per heavy atom. The Bertz CT molecular complexity index is 992. The van der Waals surface area contributed by atoms with Crippen LogP contribution in [0.4, 0.5) is 5.69 Å². The monoisotopic (exact) mass is 397 g/mol. The molecule has 0 bridgehead atoms. The highest BCUT2D eigenvalue weighted by Crippen LogP contribution is 2.35. The minimum Gasteiger partial charge on any atom is -0.462 e. The van der Waals surface area contributed by atoms with E-state index < -0.39 is 17.8 Å². The number of carbonyl (C=O) groups excluding carboxylic acids is 3. The average molecular weight is 398 g/mol. The summed E-state index contributed by atoms with van der Waals surface area (Å²) < 4.78 is 5.08. The zero-order chi connectivity index (χ0) is 20.4. The van der Waals surface area contributed by atoms with Gasteiger partial charge in [-0.25, -0.2) is 9.69 Å². The zero-order valence-electron chi connectivity index (χ0n) is 15.9. The third-order valence-electron chi connectivity index (χ3n) is 4.62. The molecule has 28 heavy (non-hydrogen) atoms. The van der Waals surface area contributed by atoms with Crippen molar-refractivity contribution in [1.82, 2.24) is 0 Å². The van der Waals surface area contributed by atoms with Gasteiger partial charge < -0.3 is 4.74 Å². The van der Waals surface area contributed by atoms with Crippen LogP contribution in [0.3, 0.4) is 0 Å². The van der Waals surface area contributed by atoms with Gasteiger partial charge in [-0.05, 0) is 61.2 Å². The summed E-state index contributed by atoms with van der Waals surface area (Å²) in [4.78, 5) is 38.5. The van der Waals surface area contributed by atoms with Crippen LogP contribution in [0, 0.1) is 13.8 Å². The van der Waals surface area contributed by atoms with E-state index in [1.165, 1.54) is 24.3 Å². The van der Waals surface area contributed by atoms with Gasteiger partial charge in [0.05, 0.1) is 23.4 Å². The summed E-state index contributed by atoms with van der Waals surface area (Å²) in [6.45, 7) is 6.14. The van der Waals surface area contributed by atoms with Gasteiger partial charge in [0.1, 0.15) is 5.03 Å². The number of amides is 2. The van der Waals surface area contributed by atoms with Crippen molar-refractivity contribution in [2.24, 2.45) is 0 Å². The number of rotatable bonds is 5. The molecule has 0 saturated carbocycles. The van der Waals surface area contributed by atoms with E-state index in [2.05, 4.69) is 0 Å². The van der Waals surface area contributed by atoms with E-state index in [9.17, 15) is 14.4 Å². The number of esters is 1. The SMILES string of the molecule is CCCOC(=O)c1ccc(N2C(=O)C(Cl)=C(c3ccc(C)c(C)c3)C2=O)cc1. The van der Waals surface area contributed by atoms with Gasteiger partial charge in [-0.3, -0.25) is 9.59 Å². The summed E-state index contributed by atoms with van der Waals surface area (Å²) in [5.41, 5.74) is 3.57. The molecule has 2 aromatic carbocycles. The van der Waals surface area contributed by atoms with Crippen LogP contribution in [-0.4, -0.2) is 24.4 Å². The van der Waals surface area contributed by atoms with Gasteiger partial charge >= 0.3 is 5.97 Å². The van der Waals surface area contributed by atoms with Crippen LogP contribution < -0.4 is 4.90 Å². The molecule has 6 heteroatoms. The minimum atomic E-state index is -0.582. The lowest BCUT2D eigenvalue weighted by molar-refractivity contribution is -0.119. The van der Waals surface area contributed by atoms with Gasteiger partial charge in [0, 0.05) is 0 Å². The normalized spacial score (nSPS) is 14.1. The predicted octanol–water partition coefficient (Wildman–Crippen LogP) is 4.39. The molecule has 1 aliphatic heterocycles. The van der Waals surface area contributed by atoms with Crippen molar-refractivity contribution in [3.05, 3.63) is 69.8 Å². The Labute approximate surface area is 168 Å². The number of hydrogen-bond acceptors (Lipinski definition) is 4. The van der Waals surface area contributed by atoms with E-state index in [0.29, 0.717) is 23.4 Å². The molecule has 0 N–H and O–H groups in total. The van der Waals surface area contributed by atoms with Crippen LogP contribution in [0.2, 0.25) is 0 Å². The molecule has 0 spiro atoms. The third kappa shape index (κ3) is 3.58. The Kier molecular flexibility index (Phi) is 5.66. The fourth-order valence-corrected chi connectivity index (χ4v) is 3.18. The Balaban J connectivity index is 1.89. The molecule has 1 aliphatic rings. The lowest BCUT2D eigenvalue weighted by Crippen LogP contribution is -2.31. The van der Waals surface area contributed by atoms with E-state index in [1.54, 1.807) is 6.07 Å². The number of nitrogens with zero attached hydrogens (tertiary/aromatic N) is 1. The molecule has 144 valence electrons. The molecule has 0 aliphatic carbocycles. The summed E-state index contributed by atoms with van der Waals surface area (Å²) in [6, 6.07) is 11.6. The second kappa shape index (κ2) is 7.98. The van der Waals surface area contributed by atoms with Crippen LogP contribution in [0.25, 0.3) is 5.57 Å². The van der Waals surface area contributed by atoms with Gasteiger partial charge in [0.15, 0.2) is 0 Å². The van der Waals surface area contributed by atoms with Gasteiger partial charge in [0.25, 0.3) is 11.8 Å². The Morgan fingerprint density at radius 1 is 1.00 bits per heavy atom. The first-order valence-electron chi connectivity index (χ1n) is 8.98. The lowest BCUT2D eigenvalue weighted by Gasteiger charge is -2.15. The summed E-state index contributed by atoms with van der Waals surface area (Å²) in [7, 11) is 0. The summed E-state index contributed by atoms with van der Waals surface area (Å²) in [5, 5.41) is -0.111. The first-order chi connectivity index (χ1) is 13.3. The van der Waals surface area contributed by atoms with Crippen molar-refractivity contribution in [3.63, 3.8) is 0 Å². The number of ether oxygens (including phenoxy) is 1. The maximum Gasteiger partial charge on any atom is 0.338 e. The molecule has 0 unspecified atom stereocenters. The largest absolute Gasteiger partial charge is 0.462 e. The van der Waals surface area contributed by atoms with Gasteiger partial charge in [-0.15, -0.1) is 0 Å². The first-order valence-corrected chi connectivity index (χ1v) is 9.36. The molecule has 0 atom stereocenters. The summed E-state index contributed by atoms with van der Waals surface area (Å²) in [6.07, 6.45) is 0.728. The number of carbonyl (C=O) groups is 3. The van der Waals surface area contributed by atoms with Crippen molar-refractivity contribution < 1.29 is 19.1 Å². The fraction of sp³-hybridized carbons (Fsp3) is 0.227. The van der Waals surface area contributed by atoms with Crippen molar-refractivity contribution in [1.29, 1.82) is 0 Å². The first kappa shape index (κ1) is 19.8. The summed E-state index contributed by atoms with van der Waals surface area (Å²) >= 11 is 6.23. The van der Waals surface area contributed by atoms with E-state index in [1.807, 2.05) is 32.9 Å². The molecule has 2 amide bonds. The highest BCUT2D eigenvalue weighted by molar-refractivity contribution is 6.60. The quantitative estimate of drug-likeness (QED) is 0.554. The Hall–Kier alpha value is -2.92. The second-order valence-electron chi connectivity index (χ2n) is 6.62. The zero-order valence-corrected chi connectivity index (χ0v) is 16.7. The van der Waals surface area contributed by atoms with Gasteiger partial charge in [-0.1, -0.05) is 36.7 Å². The molecule has 0 aromatic heterocycles. The van der Waals surface area contributed by atoms with Crippen LogP contribution in [-0.2, 0) is 14.3 Å². The maximum absolute atomic E-state index is 13.0. The van der Waals surface area contributed by atoms with Crippen LogP contribution >= 0.6 is 11.6 Å². The number of benzene rings is 2. The number of halogens is 1. The van der Waals surface area contributed by atoms with Gasteiger partial charge in [0.2, 0.25) is 0 Å². The van der Waals surface area contributed by atoms with E-state index in [0.717, 1.165) is 22.4 Å². The van der Waals surface area contributed by atoms with Gasteiger partial charge in [-0.2, -0.15) is 0 Å². The van der Waals surface area contributed by atoms with Crippen molar-refractivity contribution in [2.75, 3.05) is 11.5 Å². The average Bonchev–Trinajstić information content (AvgIpc) is 2.91. The number of hydrogen-bond donors (Lipinski definition) is 0. The van der Waals surface area contributed by atoms with Crippen molar-refractivity contribution in [3.8, 4) is 0 Å². The number of imide groups is 1. The Morgan fingerprint density at radius 3 is 2.29 bits per heavy atom. The van der Waals surface area contributed by atoms with Crippen LogP contribution in [0.1, 0.15) is 40.4 Å². The van der Waals surface area contributed by atoms with E-state index in [-0.39, 0.29) is 10.6 Å². The molecular weight excluding hydrogens is 378 g/mol. The smallest absolute Gasteiger partial charge is 0.338 e. The molecule has 1 heterocycles. The van der Waals surface area contributed by atoms with E-state index >= 15 is 0 Å². The van der Waals surface area contributed by atoms with Crippen molar-refractivity contribution >= 4 is 40.6 Å². The fourth-order valence-electron chi connectivity index (χ4n) is 2.91. The second-order valence-corrected chi connectivity index (χ2v) is 6.99.